The number of nitrogens with zero attached hydrogens (tertiary/aromatic N) is 3. The molecule has 190 valence electrons. The first-order valence-corrected chi connectivity index (χ1v) is 12.6. The van der Waals surface area contributed by atoms with Crippen LogP contribution in [0.1, 0.15) is 22.5 Å². The Morgan fingerprint density at radius 1 is 0.947 bits per heavy atom. The van der Waals surface area contributed by atoms with Crippen LogP contribution in [-0.4, -0.2) is 26.0 Å². The van der Waals surface area contributed by atoms with Crippen LogP contribution >= 0.6 is 23.8 Å². The molecule has 0 bridgehead atoms. The van der Waals surface area contributed by atoms with E-state index in [0.29, 0.717) is 22.1 Å². The van der Waals surface area contributed by atoms with Crippen LogP contribution in [0, 0.1) is 20.8 Å². The van der Waals surface area contributed by atoms with E-state index in [1.807, 2.05) is 81.4 Å². The summed E-state index contributed by atoms with van der Waals surface area (Å²) in [4.78, 5) is 14.1. The summed E-state index contributed by atoms with van der Waals surface area (Å²) in [6, 6.07) is 21.1. The number of nitrogens with one attached hydrogen (secondary N) is 2. The average molecular weight is 542 g/mol. The van der Waals surface area contributed by atoms with Crippen LogP contribution in [0.15, 0.2) is 77.2 Å². The van der Waals surface area contributed by atoms with E-state index in [2.05, 4.69) is 20.8 Å². The summed E-state index contributed by atoms with van der Waals surface area (Å²) in [5.41, 5.74) is 7.01. The number of halogens is 1. The molecule has 0 fully saturated rings. The zero-order valence-corrected chi connectivity index (χ0v) is 22.5. The van der Waals surface area contributed by atoms with Crippen molar-refractivity contribution in [1.82, 2.24) is 20.3 Å². The maximum absolute atomic E-state index is 12.4. The van der Waals surface area contributed by atoms with Gasteiger partial charge in [-0.3, -0.25) is 10.1 Å². The van der Waals surface area contributed by atoms with Crippen LogP contribution < -0.4 is 10.6 Å². The summed E-state index contributed by atoms with van der Waals surface area (Å²) < 4.78 is 5.82. The third kappa shape index (κ3) is 5.66. The van der Waals surface area contributed by atoms with Gasteiger partial charge in [0.15, 0.2) is 5.11 Å². The van der Waals surface area contributed by atoms with E-state index in [1.165, 1.54) is 11.6 Å². The Labute approximate surface area is 230 Å². The zero-order valence-electron chi connectivity index (χ0n) is 20.9. The average Bonchev–Trinajstić information content (AvgIpc) is 3.52. The molecule has 2 N–H and O–H groups in total. The second kappa shape index (κ2) is 10.6. The van der Waals surface area contributed by atoms with Crippen LogP contribution in [0.25, 0.3) is 34.1 Å². The van der Waals surface area contributed by atoms with Crippen molar-refractivity contribution in [2.45, 2.75) is 20.8 Å². The van der Waals surface area contributed by atoms with E-state index in [1.54, 1.807) is 16.9 Å². The van der Waals surface area contributed by atoms with Gasteiger partial charge in [0, 0.05) is 22.3 Å². The van der Waals surface area contributed by atoms with Crippen LogP contribution in [-0.2, 0) is 4.79 Å². The Balaban J connectivity index is 1.23. The number of furan rings is 1. The van der Waals surface area contributed by atoms with E-state index in [4.69, 9.17) is 28.2 Å². The van der Waals surface area contributed by atoms with Crippen LogP contribution in [0.2, 0.25) is 5.02 Å². The molecule has 0 atom stereocenters. The highest BCUT2D eigenvalue weighted by Crippen LogP contribution is 2.27. The van der Waals surface area contributed by atoms with Crippen LogP contribution in [0.4, 0.5) is 5.69 Å². The fourth-order valence-corrected chi connectivity index (χ4v) is 4.20. The molecule has 0 aliphatic carbocycles. The van der Waals surface area contributed by atoms with Gasteiger partial charge in [0.05, 0.1) is 5.69 Å². The predicted molar refractivity (Wildman–Crippen MR) is 156 cm³/mol. The molecule has 1 amide bonds. The van der Waals surface area contributed by atoms with Crippen molar-refractivity contribution in [1.29, 1.82) is 0 Å². The standard InChI is InChI=1S/C29H24ClN5O2S/c1-17-4-8-21(9-5-17)35-33-25-14-19(3)24(16-26(25)34-35)31-29(38)32-28(36)13-11-22-10-12-27(37-22)20-7-6-18(2)23(30)15-20/h4-16H,1-3H3,(H2,31,32,36,38)/b13-11+. The second-order valence-electron chi connectivity index (χ2n) is 8.92. The number of thiocarbonyl (C=S) groups is 1. The molecule has 2 heterocycles. The summed E-state index contributed by atoms with van der Waals surface area (Å²) in [5.74, 6) is 0.806. The normalized spacial score (nSPS) is 11.3. The first-order chi connectivity index (χ1) is 18.2. The fourth-order valence-electron chi connectivity index (χ4n) is 3.80. The molecule has 7 nitrogen and oxygen atoms in total. The summed E-state index contributed by atoms with van der Waals surface area (Å²) >= 11 is 11.6. The lowest BCUT2D eigenvalue weighted by Gasteiger charge is -2.10. The third-order valence-electron chi connectivity index (χ3n) is 5.96. The lowest BCUT2D eigenvalue weighted by molar-refractivity contribution is -0.115. The van der Waals surface area contributed by atoms with Gasteiger partial charge >= 0.3 is 0 Å². The summed E-state index contributed by atoms with van der Waals surface area (Å²) in [5, 5.41) is 15.7. The lowest BCUT2D eigenvalue weighted by Crippen LogP contribution is -2.33. The van der Waals surface area contributed by atoms with E-state index in [9.17, 15) is 4.79 Å². The maximum Gasteiger partial charge on any atom is 0.250 e. The Morgan fingerprint density at radius 3 is 2.42 bits per heavy atom. The third-order valence-corrected chi connectivity index (χ3v) is 6.57. The molecule has 3 aromatic carbocycles. The molecule has 0 aliphatic rings. The highest BCUT2D eigenvalue weighted by Gasteiger charge is 2.11. The molecule has 5 aromatic rings. The topological polar surface area (TPSA) is 85.0 Å². The molecule has 0 saturated carbocycles. The van der Waals surface area contributed by atoms with Gasteiger partial charge in [-0.15, -0.1) is 10.2 Å². The number of anilines is 1. The van der Waals surface area contributed by atoms with Gasteiger partial charge in [-0.05, 0) is 92.7 Å². The molecule has 0 unspecified atom stereocenters. The summed E-state index contributed by atoms with van der Waals surface area (Å²) in [6.07, 6.45) is 2.94. The first kappa shape index (κ1) is 25.4. The molecule has 0 aliphatic heterocycles. The van der Waals surface area contributed by atoms with Gasteiger partial charge < -0.3 is 9.73 Å². The second-order valence-corrected chi connectivity index (χ2v) is 9.74. The molecule has 5 rings (SSSR count). The number of fused-ring (bicyclic) bond motifs is 1. The van der Waals surface area contributed by atoms with Crippen molar-refractivity contribution in [3.05, 3.63) is 100 Å². The number of carbonyl (C=O) groups is 1. The Kier molecular flexibility index (Phi) is 7.09. The van der Waals surface area contributed by atoms with Gasteiger partial charge in [-0.1, -0.05) is 41.4 Å². The van der Waals surface area contributed by atoms with Crippen molar-refractivity contribution in [2.75, 3.05) is 5.32 Å². The van der Waals surface area contributed by atoms with Gasteiger partial charge in [0.25, 0.3) is 0 Å². The van der Waals surface area contributed by atoms with Crippen molar-refractivity contribution >= 4 is 57.6 Å². The minimum atomic E-state index is -0.386. The number of aromatic nitrogens is 3. The van der Waals surface area contributed by atoms with Crippen LogP contribution in [0.5, 0.6) is 0 Å². The van der Waals surface area contributed by atoms with E-state index < -0.39 is 0 Å². The Bertz CT molecular complexity index is 1700. The fraction of sp³-hybridized carbons (Fsp3) is 0.103. The van der Waals surface area contributed by atoms with Gasteiger partial charge in [-0.2, -0.15) is 4.80 Å². The van der Waals surface area contributed by atoms with E-state index in [-0.39, 0.29) is 11.0 Å². The smallest absolute Gasteiger partial charge is 0.250 e. The van der Waals surface area contributed by atoms with Crippen molar-refractivity contribution < 1.29 is 9.21 Å². The number of carbonyl (C=O) groups excluding carboxylic acids is 1. The molecule has 38 heavy (non-hydrogen) atoms. The van der Waals surface area contributed by atoms with Crippen molar-refractivity contribution in [3.8, 4) is 17.0 Å². The summed E-state index contributed by atoms with van der Waals surface area (Å²) in [6.45, 7) is 5.91. The Morgan fingerprint density at radius 2 is 1.68 bits per heavy atom. The number of rotatable bonds is 5. The SMILES string of the molecule is Cc1ccc(-n2nc3cc(C)c(NC(=S)NC(=O)/C=C/c4ccc(-c5ccc(C)c(Cl)c5)o4)cc3n2)cc1. The highest BCUT2D eigenvalue weighted by molar-refractivity contribution is 7.80. The predicted octanol–water partition coefficient (Wildman–Crippen LogP) is 6.79. The van der Waals surface area contributed by atoms with Gasteiger partial charge in [-0.25, -0.2) is 0 Å². The minimum Gasteiger partial charge on any atom is -0.457 e. The molecule has 0 spiro atoms. The first-order valence-electron chi connectivity index (χ1n) is 11.9. The minimum absolute atomic E-state index is 0.169. The molecule has 2 aromatic heterocycles. The van der Waals surface area contributed by atoms with E-state index >= 15 is 0 Å². The Hall–Kier alpha value is -4.27. The lowest BCUT2D eigenvalue weighted by atomic mass is 10.1. The number of benzene rings is 3. The quantitative estimate of drug-likeness (QED) is 0.188. The number of hydrogen-bond acceptors (Lipinski definition) is 5. The van der Waals surface area contributed by atoms with Crippen LogP contribution in [0.3, 0.4) is 0 Å². The zero-order chi connectivity index (χ0) is 26.8. The summed E-state index contributed by atoms with van der Waals surface area (Å²) in [7, 11) is 0. The van der Waals surface area contributed by atoms with Gasteiger partial charge in [0.1, 0.15) is 22.6 Å². The molecule has 9 heteroatoms. The van der Waals surface area contributed by atoms with Crippen molar-refractivity contribution in [2.24, 2.45) is 0 Å². The number of amides is 1. The van der Waals surface area contributed by atoms with Crippen molar-refractivity contribution in [3.63, 3.8) is 0 Å². The van der Waals surface area contributed by atoms with Gasteiger partial charge in [0.2, 0.25) is 5.91 Å². The molecule has 0 saturated heterocycles. The molecular formula is C29H24ClN5O2S. The molecular weight excluding hydrogens is 518 g/mol. The largest absolute Gasteiger partial charge is 0.457 e. The van der Waals surface area contributed by atoms with E-state index in [0.717, 1.165) is 33.6 Å². The molecule has 0 radical (unpaired) electrons. The monoisotopic (exact) mass is 541 g/mol. The maximum atomic E-state index is 12.4. The highest BCUT2D eigenvalue weighted by atomic mass is 35.5. The number of hydrogen-bond donors (Lipinski definition) is 2. The number of aryl methyl sites for hydroxylation is 3.